The van der Waals surface area contributed by atoms with Gasteiger partial charge in [-0.1, -0.05) is 38.1 Å². The molecule has 2 aromatic carbocycles. The highest BCUT2D eigenvalue weighted by atomic mass is 16.6. The minimum absolute atomic E-state index is 0.0638. The molecule has 0 saturated carbocycles. The number of esters is 1. The number of anilines is 1. The Bertz CT molecular complexity index is 894. The molecule has 0 heterocycles. The summed E-state index contributed by atoms with van der Waals surface area (Å²) in [6.07, 6.45) is -0.139. The summed E-state index contributed by atoms with van der Waals surface area (Å²) in [5.74, 6) is -0.979. The van der Waals surface area contributed by atoms with E-state index in [-0.39, 0.29) is 22.7 Å². The second-order valence-electron chi connectivity index (χ2n) is 6.64. The van der Waals surface area contributed by atoms with Gasteiger partial charge in [-0.2, -0.15) is 0 Å². The standard InChI is InChI=1S/C21H24N2O5/c1-5-13(2)16-9-6-7-11-18(16)22-20(24)15(4)28-21(25)17-10-8-12-19(14(17)3)23(26)27/h6-13,15H,5H2,1-4H3,(H,22,24)/t13-,15-/m0/s1. The van der Waals surface area contributed by atoms with Gasteiger partial charge in [-0.25, -0.2) is 4.79 Å². The molecular formula is C21H24N2O5. The van der Waals surface area contributed by atoms with Crippen molar-refractivity contribution < 1.29 is 19.2 Å². The van der Waals surface area contributed by atoms with Gasteiger partial charge >= 0.3 is 5.97 Å². The number of para-hydroxylation sites is 1. The number of carbonyl (C=O) groups excluding carboxylic acids is 2. The second-order valence-corrected chi connectivity index (χ2v) is 6.64. The molecule has 0 spiro atoms. The number of benzene rings is 2. The number of hydrogen-bond acceptors (Lipinski definition) is 5. The van der Waals surface area contributed by atoms with E-state index in [0.717, 1.165) is 12.0 Å². The zero-order chi connectivity index (χ0) is 20.8. The number of amides is 1. The molecule has 0 radical (unpaired) electrons. The van der Waals surface area contributed by atoms with Crippen LogP contribution in [-0.4, -0.2) is 22.9 Å². The third-order valence-electron chi connectivity index (χ3n) is 4.74. The van der Waals surface area contributed by atoms with E-state index < -0.39 is 22.9 Å². The Morgan fingerprint density at radius 3 is 2.46 bits per heavy atom. The largest absolute Gasteiger partial charge is 0.449 e. The molecule has 2 rings (SSSR count). The number of nitro benzene ring substituents is 1. The highest BCUT2D eigenvalue weighted by molar-refractivity contribution is 5.98. The molecule has 0 unspecified atom stereocenters. The van der Waals surface area contributed by atoms with E-state index in [1.54, 1.807) is 6.07 Å². The third-order valence-corrected chi connectivity index (χ3v) is 4.74. The maximum Gasteiger partial charge on any atom is 0.339 e. The van der Waals surface area contributed by atoms with E-state index in [4.69, 9.17) is 4.74 Å². The summed E-state index contributed by atoms with van der Waals surface area (Å²) in [7, 11) is 0. The SMILES string of the molecule is CC[C@H](C)c1ccccc1NC(=O)[C@H](C)OC(=O)c1cccc([N+](=O)[O-])c1C. The van der Waals surface area contributed by atoms with Crippen LogP contribution in [0.25, 0.3) is 0 Å². The van der Waals surface area contributed by atoms with Crippen LogP contribution < -0.4 is 5.32 Å². The Hall–Kier alpha value is -3.22. The Balaban J connectivity index is 2.13. The van der Waals surface area contributed by atoms with Gasteiger partial charge in [-0.15, -0.1) is 0 Å². The monoisotopic (exact) mass is 384 g/mol. The van der Waals surface area contributed by atoms with Crippen LogP contribution >= 0.6 is 0 Å². The molecule has 0 saturated heterocycles. The van der Waals surface area contributed by atoms with Gasteiger partial charge in [0.2, 0.25) is 0 Å². The first-order valence-corrected chi connectivity index (χ1v) is 9.11. The van der Waals surface area contributed by atoms with Gasteiger partial charge in [0.1, 0.15) is 0 Å². The van der Waals surface area contributed by atoms with Crippen molar-refractivity contribution in [1.29, 1.82) is 0 Å². The van der Waals surface area contributed by atoms with E-state index in [9.17, 15) is 19.7 Å². The van der Waals surface area contributed by atoms with Crippen molar-refractivity contribution in [1.82, 2.24) is 0 Å². The first-order chi connectivity index (χ1) is 13.3. The number of rotatable bonds is 7. The first kappa shape index (κ1) is 21.1. The summed E-state index contributed by atoms with van der Waals surface area (Å²) in [5, 5.41) is 13.8. The van der Waals surface area contributed by atoms with Crippen molar-refractivity contribution in [3.05, 3.63) is 69.3 Å². The summed E-state index contributed by atoms with van der Waals surface area (Å²) in [6, 6.07) is 11.7. The molecule has 0 aliphatic heterocycles. The van der Waals surface area contributed by atoms with Crippen LogP contribution in [0.2, 0.25) is 0 Å². The molecule has 0 fully saturated rings. The minimum atomic E-state index is -1.06. The van der Waals surface area contributed by atoms with Gasteiger partial charge in [-0.3, -0.25) is 14.9 Å². The lowest BCUT2D eigenvalue weighted by Gasteiger charge is -2.18. The lowest BCUT2D eigenvalue weighted by atomic mass is 9.97. The number of nitro groups is 1. The maximum atomic E-state index is 12.5. The lowest BCUT2D eigenvalue weighted by Crippen LogP contribution is -2.30. The first-order valence-electron chi connectivity index (χ1n) is 9.11. The van der Waals surface area contributed by atoms with Gasteiger partial charge in [0.25, 0.3) is 11.6 Å². The molecule has 0 aliphatic carbocycles. The second kappa shape index (κ2) is 9.12. The topological polar surface area (TPSA) is 98.5 Å². The molecule has 0 bridgehead atoms. The predicted octanol–water partition coefficient (Wildman–Crippen LogP) is 4.60. The Labute approximate surface area is 163 Å². The van der Waals surface area contributed by atoms with Crippen molar-refractivity contribution in [2.75, 3.05) is 5.32 Å². The van der Waals surface area contributed by atoms with Crippen LogP contribution in [0.4, 0.5) is 11.4 Å². The fourth-order valence-corrected chi connectivity index (χ4v) is 2.81. The number of hydrogen-bond donors (Lipinski definition) is 1. The zero-order valence-electron chi connectivity index (χ0n) is 16.4. The van der Waals surface area contributed by atoms with Gasteiger partial charge < -0.3 is 10.1 Å². The van der Waals surface area contributed by atoms with Crippen LogP contribution in [0.15, 0.2) is 42.5 Å². The van der Waals surface area contributed by atoms with Crippen molar-refractivity contribution in [2.24, 2.45) is 0 Å². The summed E-state index contributed by atoms with van der Waals surface area (Å²) in [6.45, 7) is 7.07. The van der Waals surface area contributed by atoms with E-state index >= 15 is 0 Å². The summed E-state index contributed by atoms with van der Waals surface area (Å²) in [5.41, 5.74) is 1.78. The smallest absolute Gasteiger partial charge is 0.339 e. The number of carbonyl (C=O) groups is 2. The number of ether oxygens (including phenoxy) is 1. The Morgan fingerprint density at radius 1 is 1.14 bits per heavy atom. The summed E-state index contributed by atoms with van der Waals surface area (Å²) in [4.78, 5) is 35.4. The van der Waals surface area contributed by atoms with Gasteiger partial charge in [0.05, 0.1) is 10.5 Å². The minimum Gasteiger partial charge on any atom is -0.449 e. The third kappa shape index (κ3) is 4.73. The van der Waals surface area contributed by atoms with Crippen molar-refractivity contribution >= 4 is 23.3 Å². The number of nitrogens with zero attached hydrogens (tertiary/aromatic N) is 1. The molecule has 28 heavy (non-hydrogen) atoms. The highest BCUT2D eigenvalue weighted by Gasteiger charge is 2.24. The van der Waals surface area contributed by atoms with E-state index in [1.807, 2.05) is 18.2 Å². The molecule has 1 N–H and O–H groups in total. The van der Waals surface area contributed by atoms with Crippen LogP contribution in [0.1, 0.15) is 54.6 Å². The van der Waals surface area contributed by atoms with Crippen LogP contribution in [0, 0.1) is 17.0 Å². The molecule has 1 amide bonds. The highest BCUT2D eigenvalue weighted by Crippen LogP contribution is 2.27. The van der Waals surface area contributed by atoms with E-state index in [2.05, 4.69) is 19.2 Å². The Kier molecular flexibility index (Phi) is 6.87. The molecule has 7 nitrogen and oxygen atoms in total. The average Bonchev–Trinajstić information content (AvgIpc) is 2.67. The zero-order valence-corrected chi connectivity index (χ0v) is 16.4. The normalized spacial score (nSPS) is 12.7. The van der Waals surface area contributed by atoms with Crippen LogP contribution in [0.3, 0.4) is 0 Å². The molecule has 0 aliphatic rings. The van der Waals surface area contributed by atoms with Gasteiger partial charge in [0, 0.05) is 17.3 Å². The fourth-order valence-electron chi connectivity index (χ4n) is 2.81. The summed E-state index contributed by atoms with van der Waals surface area (Å²) >= 11 is 0. The molecule has 0 aromatic heterocycles. The van der Waals surface area contributed by atoms with Gasteiger partial charge in [0.15, 0.2) is 6.10 Å². The number of nitrogens with one attached hydrogen (secondary N) is 1. The predicted molar refractivity (Wildman–Crippen MR) is 106 cm³/mol. The Morgan fingerprint density at radius 2 is 1.82 bits per heavy atom. The molecular weight excluding hydrogens is 360 g/mol. The quantitative estimate of drug-likeness (QED) is 0.427. The lowest BCUT2D eigenvalue weighted by molar-refractivity contribution is -0.385. The average molecular weight is 384 g/mol. The maximum absolute atomic E-state index is 12.5. The molecule has 148 valence electrons. The van der Waals surface area contributed by atoms with Crippen molar-refractivity contribution in [3.63, 3.8) is 0 Å². The van der Waals surface area contributed by atoms with Gasteiger partial charge in [-0.05, 0) is 43.9 Å². The van der Waals surface area contributed by atoms with Crippen LogP contribution in [-0.2, 0) is 9.53 Å². The molecule has 2 atom stereocenters. The van der Waals surface area contributed by atoms with E-state index in [0.29, 0.717) is 5.69 Å². The van der Waals surface area contributed by atoms with E-state index in [1.165, 1.54) is 32.0 Å². The summed E-state index contributed by atoms with van der Waals surface area (Å²) < 4.78 is 5.24. The van der Waals surface area contributed by atoms with Crippen LogP contribution in [0.5, 0.6) is 0 Å². The molecule has 7 heteroatoms. The van der Waals surface area contributed by atoms with Crippen molar-refractivity contribution in [2.45, 2.75) is 46.1 Å². The fraction of sp³-hybridized carbons (Fsp3) is 0.333. The molecule has 2 aromatic rings. The van der Waals surface area contributed by atoms with Crippen molar-refractivity contribution in [3.8, 4) is 0 Å².